The Labute approximate surface area is 129 Å². The van der Waals surface area contributed by atoms with E-state index in [-0.39, 0.29) is 5.91 Å². The lowest BCUT2D eigenvalue weighted by atomic mass is 10.1. The van der Waals surface area contributed by atoms with Crippen molar-refractivity contribution >= 4 is 23.1 Å². The second kappa shape index (κ2) is 6.95. The monoisotopic (exact) mass is 299 g/mol. The molecule has 0 bridgehead atoms. The highest BCUT2D eigenvalue weighted by molar-refractivity contribution is 7.80. The molecule has 1 amide bonds. The van der Waals surface area contributed by atoms with Crippen LogP contribution in [-0.4, -0.2) is 15.9 Å². The van der Waals surface area contributed by atoms with E-state index >= 15 is 0 Å². The van der Waals surface area contributed by atoms with Crippen molar-refractivity contribution in [3.63, 3.8) is 0 Å². The largest absolute Gasteiger partial charge is 0.389 e. The van der Waals surface area contributed by atoms with Crippen LogP contribution in [0.15, 0.2) is 42.6 Å². The first kappa shape index (κ1) is 15.1. The number of pyridine rings is 1. The molecule has 21 heavy (non-hydrogen) atoms. The average Bonchev–Trinajstić information content (AvgIpc) is 2.52. The number of carbonyl (C=O) groups excluding carboxylic acids is 1. The van der Waals surface area contributed by atoms with Crippen LogP contribution in [-0.2, 0) is 13.0 Å². The number of carbonyl (C=O) groups is 1. The van der Waals surface area contributed by atoms with Crippen molar-refractivity contribution < 1.29 is 4.79 Å². The van der Waals surface area contributed by atoms with Crippen LogP contribution >= 0.6 is 12.2 Å². The number of aryl methyl sites for hydroxylation is 1. The fraction of sp³-hybridized carbons (Fsp3) is 0.188. The Bertz CT molecular complexity index is 653. The molecule has 0 saturated carbocycles. The lowest BCUT2D eigenvalue weighted by molar-refractivity contribution is 0.0950. The van der Waals surface area contributed by atoms with Gasteiger partial charge in [0, 0.05) is 17.3 Å². The van der Waals surface area contributed by atoms with Gasteiger partial charge in [-0.2, -0.15) is 0 Å². The molecular formula is C16H17N3OS. The predicted octanol–water partition coefficient (Wildman–Crippen LogP) is 2.21. The fourth-order valence-electron chi connectivity index (χ4n) is 2.00. The summed E-state index contributed by atoms with van der Waals surface area (Å²) in [7, 11) is 0. The molecule has 2 rings (SSSR count). The topological polar surface area (TPSA) is 68.0 Å². The van der Waals surface area contributed by atoms with E-state index in [2.05, 4.69) is 17.2 Å². The third-order valence-electron chi connectivity index (χ3n) is 3.21. The summed E-state index contributed by atoms with van der Waals surface area (Å²) in [5.74, 6) is -0.141. The van der Waals surface area contributed by atoms with Crippen LogP contribution in [0.3, 0.4) is 0 Å². The number of amides is 1. The molecule has 0 unspecified atom stereocenters. The second-order valence-electron chi connectivity index (χ2n) is 4.59. The summed E-state index contributed by atoms with van der Waals surface area (Å²) < 4.78 is 0. The molecule has 0 aliphatic heterocycles. The van der Waals surface area contributed by atoms with E-state index in [1.165, 1.54) is 0 Å². The minimum atomic E-state index is -0.141. The number of rotatable bonds is 5. The maximum Gasteiger partial charge on any atom is 0.251 e. The van der Waals surface area contributed by atoms with E-state index in [0.29, 0.717) is 17.1 Å². The Hall–Kier alpha value is -2.27. The number of nitrogens with one attached hydrogen (secondary N) is 1. The lowest BCUT2D eigenvalue weighted by Crippen LogP contribution is -2.24. The first-order valence-corrected chi connectivity index (χ1v) is 7.13. The Morgan fingerprint density at radius 3 is 2.52 bits per heavy atom. The van der Waals surface area contributed by atoms with Gasteiger partial charge in [0.15, 0.2) is 0 Å². The van der Waals surface area contributed by atoms with Crippen molar-refractivity contribution in [2.75, 3.05) is 0 Å². The van der Waals surface area contributed by atoms with Crippen molar-refractivity contribution in [3.8, 4) is 0 Å². The van der Waals surface area contributed by atoms with Crippen molar-refractivity contribution in [3.05, 3.63) is 65.0 Å². The Balaban J connectivity index is 2.03. The summed E-state index contributed by atoms with van der Waals surface area (Å²) in [6.07, 6.45) is 2.62. The molecule has 0 fully saturated rings. The molecule has 108 valence electrons. The maximum atomic E-state index is 12.1. The molecule has 3 N–H and O–H groups in total. The van der Waals surface area contributed by atoms with Crippen LogP contribution in [0.25, 0.3) is 0 Å². The number of benzene rings is 1. The zero-order chi connectivity index (χ0) is 15.2. The highest BCUT2D eigenvalue weighted by atomic mass is 32.1. The average molecular weight is 299 g/mol. The van der Waals surface area contributed by atoms with Crippen LogP contribution in [0.1, 0.15) is 34.1 Å². The van der Waals surface area contributed by atoms with Crippen LogP contribution < -0.4 is 11.1 Å². The number of thiocarbonyl (C=S) groups is 1. The normalized spacial score (nSPS) is 10.1. The molecule has 0 spiro atoms. The fourth-order valence-corrected chi connectivity index (χ4v) is 2.14. The number of aromatic nitrogens is 1. The first-order chi connectivity index (χ1) is 10.1. The van der Waals surface area contributed by atoms with Gasteiger partial charge < -0.3 is 11.1 Å². The van der Waals surface area contributed by atoms with Gasteiger partial charge in [0.2, 0.25) is 0 Å². The highest BCUT2D eigenvalue weighted by Gasteiger charge is 2.08. The Morgan fingerprint density at radius 1 is 1.24 bits per heavy atom. The molecule has 0 saturated heterocycles. The second-order valence-corrected chi connectivity index (χ2v) is 5.03. The summed E-state index contributed by atoms with van der Waals surface area (Å²) in [6.45, 7) is 2.48. The zero-order valence-electron chi connectivity index (χ0n) is 11.8. The number of hydrogen-bond acceptors (Lipinski definition) is 3. The van der Waals surface area contributed by atoms with Crippen LogP contribution in [0.5, 0.6) is 0 Å². The SMILES string of the molecule is CCc1cccnc1CNC(=O)c1ccc(C(N)=S)cc1. The minimum Gasteiger partial charge on any atom is -0.389 e. The third kappa shape index (κ3) is 3.86. The van der Waals surface area contributed by atoms with Crippen molar-refractivity contribution in [1.82, 2.24) is 10.3 Å². The van der Waals surface area contributed by atoms with E-state index in [1.807, 2.05) is 12.1 Å². The van der Waals surface area contributed by atoms with Crippen molar-refractivity contribution in [1.29, 1.82) is 0 Å². The maximum absolute atomic E-state index is 12.1. The van der Waals surface area contributed by atoms with E-state index in [1.54, 1.807) is 30.5 Å². The first-order valence-electron chi connectivity index (χ1n) is 6.72. The van der Waals surface area contributed by atoms with Gasteiger partial charge in [-0.25, -0.2) is 0 Å². The zero-order valence-corrected chi connectivity index (χ0v) is 12.6. The van der Waals surface area contributed by atoms with Gasteiger partial charge in [-0.3, -0.25) is 9.78 Å². The molecule has 5 heteroatoms. The summed E-state index contributed by atoms with van der Waals surface area (Å²) >= 11 is 4.88. The van der Waals surface area contributed by atoms with Gasteiger partial charge in [0.05, 0.1) is 12.2 Å². The van der Waals surface area contributed by atoms with Crippen molar-refractivity contribution in [2.45, 2.75) is 19.9 Å². The molecule has 1 aromatic carbocycles. The van der Waals surface area contributed by atoms with Crippen LogP contribution in [0, 0.1) is 0 Å². The molecule has 4 nitrogen and oxygen atoms in total. The molecule has 0 atom stereocenters. The smallest absolute Gasteiger partial charge is 0.251 e. The van der Waals surface area contributed by atoms with E-state index in [0.717, 1.165) is 23.2 Å². The lowest BCUT2D eigenvalue weighted by Gasteiger charge is -2.08. The summed E-state index contributed by atoms with van der Waals surface area (Å²) in [6, 6.07) is 10.8. The van der Waals surface area contributed by atoms with Gasteiger partial charge in [-0.15, -0.1) is 0 Å². The summed E-state index contributed by atoms with van der Waals surface area (Å²) in [5, 5.41) is 2.87. The highest BCUT2D eigenvalue weighted by Crippen LogP contribution is 2.07. The summed E-state index contributed by atoms with van der Waals surface area (Å²) in [5.41, 5.74) is 8.89. The van der Waals surface area contributed by atoms with E-state index in [4.69, 9.17) is 18.0 Å². The number of hydrogen-bond donors (Lipinski definition) is 2. The minimum absolute atomic E-state index is 0.141. The quantitative estimate of drug-likeness (QED) is 0.831. The standard InChI is InChI=1S/C16H17N3OS/c1-2-11-4-3-9-18-14(11)10-19-16(20)13-7-5-12(6-8-13)15(17)21/h3-9H,2,10H2,1H3,(H2,17,21)(H,19,20). The Kier molecular flexibility index (Phi) is 5.00. The number of nitrogens with two attached hydrogens (primary N) is 1. The Morgan fingerprint density at radius 2 is 1.90 bits per heavy atom. The molecule has 0 aliphatic carbocycles. The number of nitrogens with zero attached hydrogens (tertiary/aromatic N) is 1. The van der Waals surface area contributed by atoms with Crippen LogP contribution in [0.4, 0.5) is 0 Å². The van der Waals surface area contributed by atoms with Crippen molar-refractivity contribution in [2.24, 2.45) is 5.73 Å². The van der Waals surface area contributed by atoms with Gasteiger partial charge in [-0.1, -0.05) is 37.3 Å². The van der Waals surface area contributed by atoms with Gasteiger partial charge in [0.25, 0.3) is 5.91 Å². The molecule has 1 aromatic heterocycles. The molecule has 2 aromatic rings. The molecule has 1 heterocycles. The van der Waals surface area contributed by atoms with E-state index < -0.39 is 0 Å². The van der Waals surface area contributed by atoms with Gasteiger partial charge in [-0.05, 0) is 30.2 Å². The van der Waals surface area contributed by atoms with Crippen LogP contribution in [0.2, 0.25) is 0 Å². The molecule has 0 radical (unpaired) electrons. The predicted molar refractivity (Wildman–Crippen MR) is 87.1 cm³/mol. The molecule has 0 aliphatic rings. The van der Waals surface area contributed by atoms with Gasteiger partial charge >= 0.3 is 0 Å². The third-order valence-corrected chi connectivity index (χ3v) is 3.45. The summed E-state index contributed by atoms with van der Waals surface area (Å²) in [4.78, 5) is 16.7. The van der Waals surface area contributed by atoms with Gasteiger partial charge in [0.1, 0.15) is 4.99 Å². The molecular weight excluding hydrogens is 282 g/mol. The van der Waals surface area contributed by atoms with E-state index in [9.17, 15) is 4.79 Å².